The zero-order valence-corrected chi connectivity index (χ0v) is 11.3. The first-order chi connectivity index (χ1) is 9.40. The van der Waals surface area contributed by atoms with Gasteiger partial charge < -0.3 is 14.2 Å². The summed E-state index contributed by atoms with van der Waals surface area (Å²) in [6.07, 6.45) is 2.07. The minimum atomic E-state index is -0.579. The summed E-state index contributed by atoms with van der Waals surface area (Å²) in [7, 11) is 0. The van der Waals surface area contributed by atoms with E-state index in [1.54, 1.807) is 13.8 Å². The van der Waals surface area contributed by atoms with Gasteiger partial charge in [-0.25, -0.2) is 14.4 Å². The van der Waals surface area contributed by atoms with Crippen LogP contribution < -0.4 is 0 Å². The van der Waals surface area contributed by atoms with Crippen LogP contribution in [-0.2, 0) is 33.4 Å². The maximum absolute atomic E-state index is 11.0. The molecule has 1 aliphatic heterocycles. The predicted octanol–water partition coefficient (Wildman–Crippen LogP) is 0.685. The van der Waals surface area contributed by atoms with Crippen LogP contribution in [0.5, 0.6) is 0 Å². The summed E-state index contributed by atoms with van der Waals surface area (Å²) in [5, 5.41) is 0. The number of esters is 4. The van der Waals surface area contributed by atoms with Crippen LogP contribution in [0.25, 0.3) is 0 Å². The molecule has 0 amide bonds. The molecule has 0 atom stereocenters. The van der Waals surface area contributed by atoms with Crippen molar-refractivity contribution in [1.82, 2.24) is 0 Å². The fourth-order valence-electron chi connectivity index (χ4n) is 0.995. The van der Waals surface area contributed by atoms with E-state index in [-0.39, 0.29) is 18.6 Å². The maximum Gasteiger partial charge on any atom is 0.338 e. The second-order valence-electron chi connectivity index (χ2n) is 3.38. The summed E-state index contributed by atoms with van der Waals surface area (Å²) in [5.41, 5.74) is 0.125. The van der Waals surface area contributed by atoms with E-state index in [2.05, 4.69) is 20.8 Å². The number of carbonyl (C=O) groups is 4. The van der Waals surface area contributed by atoms with Crippen LogP contribution in [0.15, 0.2) is 24.3 Å². The maximum atomic E-state index is 11.0. The SMILES string of the molecule is C=C(CC(=O)OCC)C(=O)OCC.O=C1C=CC(=O)O1. The molecular weight excluding hydrogens is 268 g/mol. The van der Waals surface area contributed by atoms with Crippen LogP contribution in [-0.4, -0.2) is 37.1 Å². The zero-order valence-electron chi connectivity index (χ0n) is 11.3. The van der Waals surface area contributed by atoms with Gasteiger partial charge in [-0.1, -0.05) is 6.58 Å². The molecule has 1 heterocycles. The topological polar surface area (TPSA) is 96.0 Å². The normalized spacial score (nSPS) is 12.1. The summed E-state index contributed by atoms with van der Waals surface area (Å²) >= 11 is 0. The quantitative estimate of drug-likeness (QED) is 0.317. The average Bonchev–Trinajstić information content (AvgIpc) is 2.74. The highest BCUT2D eigenvalue weighted by Gasteiger charge is 2.12. The van der Waals surface area contributed by atoms with Crippen LogP contribution in [0, 0.1) is 0 Å². The Morgan fingerprint density at radius 3 is 1.95 bits per heavy atom. The fraction of sp³-hybridized carbons (Fsp3) is 0.385. The molecule has 0 N–H and O–H groups in total. The van der Waals surface area contributed by atoms with Gasteiger partial charge in [-0.2, -0.15) is 0 Å². The second-order valence-corrected chi connectivity index (χ2v) is 3.38. The van der Waals surface area contributed by atoms with Gasteiger partial charge >= 0.3 is 23.9 Å². The Morgan fingerprint density at radius 1 is 1.10 bits per heavy atom. The molecule has 0 aliphatic carbocycles. The lowest BCUT2D eigenvalue weighted by molar-refractivity contribution is -0.150. The third-order valence-corrected chi connectivity index (χ3v) is 1.78. The second kappa shape index (κ2) is 9.48. The number of rotatable bonds is 5. The number of hydrogen-bond acceptors (Lipinski definition) is 7. The first kappa shape index (κ1) is 17.6. The molecule has 0 radical (unpaired) electrons. The average molecular weight is 284 g/mol. The predicted molar refractivity (Wildman–Crippen MR) is 67.3 cm³/mol. The molecule has 7 heteroatoms. The smallest absolute Gasteiger partial charge is 0.338 e. The minimum Gasteiger partial charge on any atom is -0.466 e. The molecule has 0 fully saturated rings. The van der Waals surface area contributed by atoms with Crippen LogP contribution in [0.3, 0.4) is 0 Å². The summed E-state index contributed by atoms with van der Waals surface area (Å²) in [4.78, 5) is 41.7. The van der Waals surface area contributed by atoms with Gasteiger partial charge in [0.2, 0.25) is 0 Å². The molecule has 0 unspecified atom stereocenters. The van der Waals surface area contributed by atoms with Gasteiger partial charge in [0, 0.05) is 17.7 Å². The fourth-order valence-corrected chi connectivity index (χ4v) is 0.995. The molecule has 1 rings (SSSR count). The summed E-state index contributed by atoms with van der Waals surface area (Å²) in [5.74, 6) is -2.16. The lowest BCUT2D eigenvalue weighted by Crippen LogP contribution is -2.12. The van der Waals surface area contributed by atoms with Gasteiger partial charge in [-0.15, -0.1) is 0 Å². The summed E-state index contributed by atoms with van der Waals surface area (Å²) in [6, 6.07) is 0. The first-order valence-electron chi connectivity index (χ1n) is 5.85. The number of ether oxygens (including phenoxy) is 3. The van der Waals surface area contributed by atoms with Gasteiger partial charge in [0.1, 0.15) is 0 Å². The standard InChI is InChI=1S/C9H14O4.C4H2O3/c1-4-12-8(10)6-7(3)9(11)13-5-2;5-3-1-2-4(6)7-3/h3-6H2,1-2H3;1-2H. The Balaban J connectivity index is 0.000000428. The van der Waals surface area contributed by atoms with Crippen LogP contribution in [0.2, 0.25) is 0 Å². The Bertz CT molecular complexity index is 418. The Morgan fingerprint density at radius 2 is 1.60 bits per heavy atom. The van der Waals surface area contributed by atoms with Crippen molar-refractivity contribution in [3.05, 3.63) is 24.3 Å². The lowest BCUT2D eigenvalue weighted by atomic mass is 10.2. The van der Waals surface area contributed by atoms with Crippen molar-refractivity contribution in [3.63, 3.8) is 0 Å². The van der Waals surface area contributed by atoms with Gasteiger partial charge in [0.05, 0.1) is 19.6 Å². The highest BCUT2D eigenvalue weighted by molar-refractivity contribution is 6.04. The molecule has 20 heavy (non-hydrogen) atoms. The molecule has 1 aliphatic rings. The van der Waals surface area contributed by atoms with Crippen molar-refractivity contribution in [3.8, 4) is 0 Å². The van der Waals surface area contributed by atoms with Crippen LogP contribution in [0.1, 0.15) is 20.3 Å². The van der Waals surface area contributed by atoms with E-state index in [0.29, 0.717) is 6.61 Å². The third kappa shape index (κ3) is 7.80. The molecule has 0 spiro atoms. The molecule has 0 bridgehead atoms. The Kier molecular flexibility index (Phi) is 8.33. The van der Waals surface area contributed by atoms with E-state index >= 15 is 0 Å². The van der Waals surface area contributed by atoms with Crippen LogP contribution >= 0.6 is 0 Å². The van der Waals surface area contributed by atoms with Crippen molar-refractivity contribution >= 4 is 23.9 Å². The number of hydrogen-bond donors (Lipinski definition) is 0. The summed E-state index contributed by atoms with van der Waals surface area (Å²) < 4.78 is 13.2. The van der Waals surface area contributed by atoms with Gasteiger partial charge in [0.15, 0.2) is 0 Å². The minimum absolute atomic E-state index is 0.104. The van der Waals surface area contributed by atoms with E-state index in [0.717, 1.165) is 12.2 Å². The van der Waals surface area contributed by atoms with Gasteiger partial charge in [0.25, 0.3) is 0 Å². The van der Waals surface area contributed by atoms with E-state index in [4.69, 9.17) is 0 Å². The molecule has 7 nitrogen and oxygen atoms in total. The van der Waals surface area contributed by atoms with Crippen molar-refractivity contribution in [2.75, 3.05) is 13.2 Å². The number of carbonyl (C=O) groups excluding carboxylic acids is 4. The van der Waals surface area contributed by atoms with Gasteiger partial charge in [-0.05, 0) is 13.8 Å². The van der Waals surface area contributed by atoms with E-state index in [1.165, 1.54) is 0 Å². The Hall–Kier alpha value is -2.44. The molecule has 110 valence electrons. The van der Waals surface area contributed by atoms with Crippen molar-refractivity contribution in [2.45, 2.75) is 20.3 Å². The zero-order chi connectivity index (χ0) is 15.5. The molecule has 0 aromatic heterocycles. The largest absolute Gasteiger partial charge is 0.466 e. The van der Waals surface area contributed by atoms with Crippen LogP contribution in [0.4, 0.5) is 0 Å². The summed E-state index contributed by atoms with van der Waals surface area (Å²) in [6.45, 7) is 7.39. The molecule has 0 saturated heterocycles. The molecule has 0 saturated carbocycles. The van der Waals surface area contributed by atoms with Crippen molar-refractivity contribution < 1.29 is 33.4 Å². The third-order valence-electron chi connectivity index (χ3n) is 1.78. The monoisotopic (exact) mass is 284 g/mol. The molecule has 0 aromatic carbocycles. The molecular formula is C13H16O7. The highest BCUT2D eigenvalue weighted by Crippen LogP contribution is 2.02. The molecule has 0 aromatic rings. The van der Waals surface area contributed by atoms with Crippen molar-refractivity contribution in [2.24, 2.45) is 0 Å². The first-order valence-corrected chi connectivity index (χ1v) is 5.85. The highest BCUT2D eigenvalue weighted by atomic mass is 16.6. The lowest BCUT2D eigenvalue weighted by Gasteiger charge is -2.04. The van der Waals surface area contributed by atoms with E-state index < -0.39 is 23.9 Å². The Labute approximate surface area is 116 Å². The number of cyclic esters (lactones) is 2. The van der Waals surface area contributed by atoms with Gasteiger partial charge in [-0.3, -0.25) is 4.79 Å². The van der Waals surface area contributed by atoms with Crippen molar-refractivity contribution in [1.29, 1.82) is 0 Å². The van der Waals surface area contributed by atoms with E-state index in [9.17, 15) is 19.2 Å². The van der Waals surface area contributed by atoms with E-state index in [1.807, 2.05) is 0 Å².